The van der Waals surface area contributed by atoms with Crippen LogP contribution in [-0.4, -0.2) is 46.3 Å². The fourth-order valence-electron chi connectivity index (χ4n) is 2.48. The highest BCUT2D eigenvalue weighted by Gasteiger charge is 2.34. The number of hydrogen-bond acceptors (Lipinski definition) is 4. The Morgan fingerprint density at radius 2 is 2.17 bits per heavy atom. The molecule has 9 heteroatoms. The molecule has 1 atom stereocenters. The lowest BCUT2D eigenvalue weighted by molar-refractivity contribution is -0.120. The van der Waals surface area contributed by atoms with Crippen molar-refractivity contribution in [3.63, 3.8) is 0 Å². The van der Waals surface area contributed by atoms with Crippen molar-refractivity contribution in [2.45, 2.75) is 36.3 Å². The molecule has 5 nitrogen and oxygen atoms in total. The molecule has 2 heterocycles. The lowest BCUT2D eigenvalue weighted by atomic mass is 10.0. The van der Waals surface area contributed by atoms with Crippen molar-refractivity contribution < 1.29 is 22.8 Å². The van der Waals surface area contributed by atoms with E-state index in [0.29, 0.717) is 13.0 Å². The molecule has 1 fully saturated rings. The second kappa shape index (κ2) is 7.20. The van der Waals surface area contributed by atoms with Crippen molar-refractivity contribution in [3.8, 4) is 0 Å². The maximum Gasteiger partial charge on any atom is 0.447 e. The molecule has 0 saturated carbocycles. The zero-order valence-corrected chi connectivity index (χ0v) is 13.2. The van der Waals surface area contributed by atoms with Gasteiger partial charge in [-0.15, -0.1) is 0 Å². The van der Waals surface area contributed by atoms with Gasteiger partial charge in [-0.25, -0.2) is 4.98 Å². The largest absolute Gasteiger partial charge is 0.447 e. The number of likely N-dealkylation sites (tertiary alicyclic amines) is 1. The molecule has 1 saturated heterocycles. The van der Waals surface area contributed by atoms with E-state index < -0.39 is 23.2 Å². The first-order valence-corrected chi connectivity index (χ1v) is 7.85. The van der Waals surface area contributed by atoms with Gasteiger partial charge in [-0.3, -0.25) is 9.59 Å². The van der Waals surface area contributed by atoms with Crippen LogP contribution >= 0.6 is 11.8 Å². The van der Waals surface area contributed by atoms with E-state index in [4.69, 9.17) is 0 Å². The molecule has 1 N–H and O–H groups in total. The second-order valence-corrected chi connectivity index (χ2v) is 6.25. The minimum Gasteiger partial charge on any atom is -0.352 e. The molecule has 23 heavy (non-hydrogen) atoms. The Kier molecular flexibility index (Phi) is 5.51. The van der Waals surface area contributed by atoms with Crippen LogP contribution in [0.3, 0.4) is 0 Å². The van der Waals surface area contributed by atoms with Crippen molar-refractivity contribution in [3.05, 3.63) is 23.9 Å². The van der Waals surface area contributed by atoms with Crippen LogP contribution in [0, 0.1) is 0 Å². The number of aromatic nitrogens is 1. The summed E-state index contributed by atoms with van der Waals surface area (Å²) in [5, 5.41) is 2.38. The highest BCUT2D eigenvalue weighted by molar-refractivity contribution is 8.00. The molecule has 1 aromatic heterocycles. The van der Waals surface area contributed by atoms with E-state index >= 15 is 0 Å². The summed E-state index contributed by atoms with van der Waals surface area (Å²) >= 11 is -0.397. The number of thioether (sulfide) groups is 1. The van der Waals surface area contributed by atoms with Crippen LogP contribution in [0.5, 0.6) is 0 Å². The topological polar surface area (TPSA) is 62.3 Å². The third kappa shape index (κ3) is 5.12. The molecule has 2 amide bonds. The summed E-state index contributed by atoms with van der Waals surface area (Å²) in [6.07, 6.45) is 2.64. The van der Waals surface area contributed by atoms with Crippen LogP contribution in [0.2, 0.25) is 0 Å². The van der Waals surface area contributed by atoms with Gasteiger partial charge >= 0.3 is 5.51 Å². The van der Waals surface area contributed by atoms with Crippen molar-refractivity contribution in [2.24, 2.45) is 0 Å². The highest BCUT2D eigenvalue weighted by Crippen LogP contribution is 2.37. The quantitative estimate of drug-likeness (QED) is 0.853. The molecule has 0 spiro atoms. The normalized spacial score (nSPS) is 18.6. The maximum absolute atomic E-state index is 12.6. The monoisotopic (exact) mass is 347 g/mol. The Hall–Kier alpha value is -1.77. The van der Waals surface area contributed by atoms with Crippen molar-refractivity contribution in [2.75, 3.05) is 13.1 Å². The van der Waals surface area contributed by atoms with E-state index in [9.17, 15) is 22.8 Å². The van der Waals surface area contributed by atoms with Gasteiger partial charge in [0.25, 0.3) is 5.91 Å². The number of nitrogens with one attached hydrogen (secondary N) is 1. The number of halogens is 3. The maximum atomic E-state index is 12.6. The molecular formula is C14H16F3N3O2S. The minimum atomic E-state index is -4.51. The molecule has 1 aromatic rings. The van der Waals surface area contributed by atoms with Crippen molar-refractivity contribution in [1.29, 1.82) is 0 Å². The standard InChI is InChI=1S/C14H16F3N3O2S/c1-9(21)19-10-4-3-7-20(8-10)13(22)11-5-2-6-18-12(11)23-14(15,16)17/h2,5-6,10H,3-4,7-8H2,1H3,(H,19,21). The molecular weight excluding hydrogens is 331 g/mol. The number of carbonyl (C=O) groups excluding carboxylic acids is 2. The zero-order valence-electron chi connectivity index (χ0n) is 12.4. The molecule has 126 valence electrons. The highest BCUT2D eigenvalue weighted by atomic mass is 32.2. The molecule has 0 aromatic carbocycles. The van der Waals surface area contributed by atoms with Crippen LogP contribution < -0.4 is 5.32 Å². The Morgan fingerprint density at radius 3 is 2.83 bits per heavy atom. The molecule has 0 radical (unpaired) electrons. The third-order valence-corrected chi connectivity index (χ3v) is 4.08. The van der Waals surface area contributed by atoms with Gasteiger partial charge in [-0.1, -0.05) is 0 Å². The van der Waals surface area contributed by atoms with Gasteiger partial charge in [-0.2, -0.15) is 13.2 Å². The van der Waals surface area contributed by atoms with Gasteiger partial charge in [0.2, 0.25) is 5.91 Å². The molecule has 0 bridgehead atoms. The van der Waals surface area contributed by atoms with Gasteiger partial charge in [0, 0.05) is 44.0 Å². The van der Waals surface area contributed by atoms with E-state index in [1.54, 1.807) is 0 Å². The number of hydrogen-bond donors (Lipinski definition) is 1. The number of piperidine rings is 1. The fraction of sp³-hybridized carbons (Fsp3) is 0.500. The number of nitrogens with zero attached hydrogens (tertiary/aromatic N) is 2. The average Bonchev–Trinajstić information content (AvgIpc) is 2.45. The van der Waals surface area contributed by atoms with Gasteiger partial charge in [-0.05, 0) is 25.0 Å². The van der Waals surface area contributed by atoms with Crippen LogP contribution in [0.4, 0.5) is 13.2 Å². The summed E-state index contributed by atoms with van der Waals surface area (Å²) in [4.78, 5) is 28.8. The van der Waals surface area contributed by atoms with E-state index in [1.165, 1.54) is 30.2 Å². The molecule has 1 unspecified atom stereocenters. The third-order valence-electron chi connectivity index (χ3n) is 3.33. The first-order chi connectivity index (χ1) is 10.8. The molecule has 1 aliphatic rings. The van der Waals surface area contributed by atoms with E-state index in [-0.39, 0.29) is 29.1 Å². The number of amides is 2. The lowest BCUT2D eigenvalue weighted by Crippen LogP contribution is -2.49. The first kappa shape index (κ1) is 17.6. The number of carbonyl (C=O) groups is 2. The zero-order chi connectivity index (χ0) is 17.0. The van der Waals surface area contributed by atoms with Gasteiger partial charge < -0.3 is 10.2 Å². The van der Waals surface area contributed by atoms with Gasteiger partial charge in [0.1, 0.15) is 5.03 Å². The predicted octanol–water partition coefficient (Wildman–Crippen LogP) is 2.43. The average molecular weight is 347 g/mol. The molecule has 0 aliphatic carbocycles. The summed E-state index contributed by atoms with van der Waals surface area (Å²) < 4.78 is 37.7. The predicted molar refractivity (Wildman–Crippen MR) is 78.9 cm³/mol. The molecule has 1 aliphatic heterocycles. The first-order valence-electron chi connectivity index (χ1n) is 7.03. The van der Waals surface area contributed by atoms with E-state index in [2.05, 4.69) is 10.3 Å². The van der Waals surface area contributed by atoms with Crippen molar-refractivity contribution in [1.82, 2.24) is 15.2 Å². The van der Waals surface area contributed by atoms with Gasteiger partial charge in [0.05, 0.1) is 5.56 Å². The van der Waals surface area contributed by atoms with E-state index in [1.807, 2.05) is 0 Å². The Morgan fingerprint density at radius 1 is 1.43 bits per heavy atom. The van der Waals surface area contributed by atoms with Crippen LogP contribution in [0.25, 0.3) is 0 Å². The van der Waals surface area contributed by atoms with Crippen molar-refractivity contribution >= 4 is 23.6 Å². The SMILES string of the molecule is CC(=O)NC1CCCN(C(=O)c2cccnc2SC(F)(F)F)C1. The van der Waals surface area contributed by atoms with Gasteiger partial charge in [0.15, 0.2) is 0 Å². The summed E-state index contributed by atoms with van der Waals surface area (Å²) in [7, 11) is 0. The van der Waals surface area contributed by atoms with Crippen LogP contribution in [0.15, 0.2) is 23.4 Å². The lowest BCUT2D eigenvalue weighted by Gasteiger charge is -2.33. The summed E-state index contributed by atoms with van der Waals surface area (Å²) in [6.45, 7) is 2.11. The Balaban J connectivity index is 2.15. The molecule has 2 rings (SSSR count). The second-order valence-electron chi connectivity index (χ2n) is 5.19. The smallest absolute Gasteiger partial charge is 0.352 e. The summed E-state index contributed by atoms with van der Waals surface area (Å²) in [6, 6.07) is 2.59. The van der Waals surface area contributed by atoms with Crippen LogP contribution in [-0.2, 0) is 4.79 Å². The Bertz CT molecular complexity index is 595. The summed E-state index contributed by atoms with van der Waals surface area (Å²) in [5.74, 6) is -0.695. The number of alkyl halides is 3. The number of rotatable bonds is 3. The minimum absolute atomic E-state index is 0.0710. The Labute approximate surface area is 135 Å². The van der Waals surface area contributed by atoms with E-state index in [0.717, 1.165) is 6.42 Å². The van der Waals surface area contributed by atoms with Crippen LogP contribution in [0.1, 0.15) is 30.1 Å². The fourth-order valence-corrected chi connectivity index (χ4v) is 3.08. The summed E-state index contributed by atoms with van der Waals surface area (Å²) in [5.41, 5.74) is -4.58. The number of pyridine rings is 1.